The summed E-state index contributed by atoms with van der Waals surface area (Å²) in [6.07, 6.45) is 0. The number of hydrogen-bond acceptors (Lipinski definition) is 4. The Balaban J connectivity index is 1.17. The number of hydrogen-bond donors (Lipinski definition) is 0. The summed E-state index contributed by atoms with van der Waals surface area (Å²) in [6, 6.07) is 56.4. The molecule has 9 aromatic rings. The lowest BCUT2D eigenvalue weighted by atomic mass is 9.97. The van der Waals surface area contributed by atoms with Crippen molar-refractivity contribution in [2.24, 2.45) is 0 Å². The molecule has 0 spiro atoms. The van der Waals surface area contributed by atoms with Crippen molar-refractivity contribution in [3.63, 3.8) is 0 Å². The van der Waals surface area contributed by atoms with Crippen LogP contribution in [-0.4, -0.2) is 15.0 Å². The Kier molecular flexibility index (Phi) is 6.43. The van der Waals surface area contributed by atoms with E-state index in [1.54, 1.807) is 0 Å². The molecule has 0 bridgehead atoms. The van der Waals surface area contributed by atoms with Crippen LogP contribution in [0.3, 0.4) is 0 Å². The fraction of sp³-hybridized carbons (Fsp3) is 0. The van der Waals surface area contributed by atoms with Gasteiger partial charge in [0.25, 0.3) is 0 Å². The summed E-state index contributed by atoms with van der Waals surface area (Å²) < 4.78 is 6.62. The van der Waals surface area contributed by atoms with Crippen molar-refractivity contribution in [3.8, 4) is 56.4 Å². The van der Waals surface area contributed by atoms with Gasteiger partial charge >= 0.3 is 0 Å². The molecule has 4 nitrogen and oxygen atoms in total. The van der Waals surface area contributed by atoms with Crippen LogP contribution in [0.1, 0.15) is 0 Å². The minimum absolute atomic E-state index is 0.608. The predicted octanol–water partition coefficient (Wildman–Crippen LogP) is 11.3. The SMILES string of the molecule is c1ccc(-c2nc(-c3ccccc3)nc(-c3cccc4oc5c(-c6ccc(-c7ccc8ccccc8c7)cc6)cccc5c34)n2)cc1. The lowest BCUT2D eigenvalue weighted by molar-refractivity contribution is 0.670. The number of fused-ring (bicyclic) bond motifs is 4. The van der Waals surface area contributed by atoms with Gasteiger partial charge in [0.1, 0.15) is 11.2 Å². The molecule has 2 heterocycles. The van der Waals surface area contributed by atoms with Crippen molar-refractivity contribution in [2.75, 3.05) is 0 Å². The van der Waals surface area contributed by atoms with Gasteiger partial charge in [-0.3, -0.25) is 0 Å². The first-order valence-electron chi connectivity index (χ1n) is 15.7. The van der Waals surface area contributed by atoms with E-state index < -0.39 is 0 Å². The molecule has 7 aromatic carbocycles. The zero-order valence-corrected chi connectivity index (χ0v) is 25.3. The maximum Gasteiger partial charge on any atom is 0.164 e. The van der Waals surface area contributed by atoms with Crippen LogP contribution in [-0.2, 0) is 0 Å². The van der Waals surface area contributed by atoms with E-state index in [9.17, 15) is 0 Å². The number of aromatic nitrogens is 3. The molecule has 0 unspecified atom stereocenters. The summed E-state index contributed by atoms with van der Waals surface area (Å²) in [5, 5.41) is 4.49. The van der Waals surface area contributed by atoms with Crippen molar-refractivity contribution in [2.45, 2.75) is 0 Å². The molecule has 0 atom stereocenters. The molecule has 0 aliphatic heterocycles. The van der Waals surface area contributed by atoms with Gasteiger partial charge in [-0.1, -0.05) is 152 Å². The lowest BCUT2D eigenvalue weighted by Crippen LogP contribution is -2.00. The number of furan rings is 1. The highest BCUT2D eigenvalue weighted by Gasteiger charge is 2.19. The van der Waals surface area contributed by atoms with Gasteiger partial charge in [-0.15, -0.1) is 0 Å². The molecule has 0 aliphatic carbocycles. The molecule has 0 radical (unpaired) electrons. The number of rotatable bonds is 5. The smallest absolute Gasteiger partial charge is 0.164 e. The zero-order chi connectivity index (χ0) is 31.2. The van der Waals surface area contributed by atoms with Crippen molar-refractivity contribution < 1.29 is 4.42 Å². The van der Waals surface area contributed by atoms with Crippen LogP contribution in [0.4, 0.5) is 0 Å². The molecular weight excluding hydrogens is 574 g/mol. The van der Waals surface area contributed by atoms with E-state index in [-0.39, 0.29) is 0 Å². The van der Waals surface area contributed by atoms with Crippen molar-refractivity contribution >= 4 is 32.7 Å². The molecule has 9 rings (SSSR count). The molecule has 0 saturated carbocycles. The van der Waals surface area contributed by atoms with E-state index in [2.05, 4.69) is 91.0 Å². The molecule has 4 heteroatoms. The second-order valence-corrected chi connectivity index (χ2v) is 11.6. The van der Waals surface area contributed by atoms with Crippen LogP contribution in [0.5, 0.6) is 0 Å². The van der Waals surface area contributed by atoms with Gasteiger partial charge in [0.15, 0.2) is 17.5 Å². The van der Waals surface area contributed by atoms with Crippen molar-refractivity contribution in [3.05, 3.63) is 164 Å². The van der Waals surface area contributed by atoms with Gasteiger partial charge in [-0.25, -0.2) is 15.0 Å². The first kappa shape index (κ1) is 27.0. The van der Waals surface area contributed by atoms with Crippen LogP contribution in [0.15, 0.2) is 168 Å². The largest absolute Gasteiger partial charge is 0.455 e. The highest BCUT2D eigenvalue weighted by molar-refractivity contribution is 6.15. The fourth-order valence-corrected chi connectivity index (χ4v) is 6.40. The standard InChI is InChI=1S/C43H27N3O/c1-3-12-31(13-4-1)41-44-42(32-14-5-2-6-15-32)46-43(45-41)37-19-10-20-38-39(37)36-18-9-17-35(40(36)47-38)30-24-21-29(22-25-30)34-26-23-28-11-7-8-16-33(28)27-34/h1-27H. The molecule has 0 fully saturated rings. The highest BCUT2D eigenvalue weighted by Crippen LogP contribution is 2.40. The van der Waals surface area contributed by atoms with Gasteiger partial charge in [0.2, 0.25) is 0 Å². The van der Waals surface area contributed by atoms with Crippen molar-refractivity contribution in [1.29, 1.82) is 0 Å². The van der Waals surface area contributed by atoms with Gasteiger partial charge in [-0.05, 0) is 39.6 Å². The molecule has 0 saturated heterocycles. The summed E-state index contributed by atoms with van der Waals surface area (Å²) in [6.45, 7) is 0. The monoisotopic (exact) mass is 601 g/mol. The maximum absolute atomic E-state index is 6.62. The summed E-state index contributed by atoms with van der Waals surface area (Å²) in [5.41, 5.74) is 8.93. The van der Waals surface area contributed by atoms with Crippen molar-refractivity contribution in [1.82, 2.24) is 15.0 Å². The van der Waals surface area contributed by atoms with Gasteiger partial charge in [0, 0.05) is 33.0 Å². The number of para-hydroxylation sites is 1. The van der Waals surface area contributed by atoms with E-state index in [0.717, 1.165) is 49.8 Å². The van der Waals surface area contributed by atoms with E-state index in [4.69, 9.17) is 19.4 Å². The Hall–Kier alpha value is -6.39. The Morgan fingerprint density at radius 1 is 0.362 bits per heavy atom. The van der Waals surface area contributed by atoms with Crippen LogP contribution in [0.2, 0.25) is 0 Å². The summed E-state index contributed by atoms with van der Waals surface area (Å²) in [7, 11) is 0. The normalized spacial score (nSPS) is 11.4. The highest BCUT2D eigenvalue weighted by atomic mass is 16.3. The third-order valence-electron chi connectivity index (χ3n) is 8.74. The molecular formula is C43H27N3O. The van der Waals surface area contributed by atoms with E-state index in [1.807, 2.05) is 72.8 Å². The quantitative estimate of drug-likeness (QED) is 0.197. The predicted molar refractivity (Wildman–Crippen MR) is 192 cm³/mol. The van der Waals surface area contributed by atoms with Gasteiger partial charge < -0.3 is 4.42 Å². The fourth-order valence-electron chi connectivity index (χ4n) is 6.40. The zero-order valence-electron chi connectivity index (χ0n) is 25.3. The average molecular weight is 602 g/mol. The summed E-state index contributed by atoms with van der Waals surface area (Å²) in [4.78, 5) is 14.9. The van der Waals surface area contributed by atoms with Crippen LogP contribution < -0.4 is 0 Å². The Bertz CT molecular complexity index is 2500. The molecule has 0 amide bonds. The Morgan fingerprint density at radius 2 is 0.936 bits per heavy atom. The summed E-state index contributed by atoms with van der Waals surface area (Å²) in [5.74, 6) is 1.87. The first-order chi connectivity index (χ1) is 23.3. The lowest BCUT2D eigenvalue weighted by Gasteiger charge is -2.09. The first-order valence-corrected chi connectivity index (χ1v) is 15.7. The summed E-state index contributed by atoms with van der Waals surface area (Å²) >= 11 is 0. The topological polar surface area (TPSA) is 51.8 Å². The molecule has 220 valence electrons. The van der Waals surface area contributed by atoms with Crippen LogP contribution in [0.25, 0.3) is 89.1 Å². The van der Waals surface area contributed by atoms with E-state index in [0.29, 0.717) is 17.5 Å². The van der Waals surface area contributed by atoms with Gasteiger partial charge in [0.05, 0.1) is 0 Å². The molecule has 2 aromatic heterocycles. The third kappa shape index (κ3) is 4.84. The molecule has 0 N–H and O–H groups in total. The Labute approximate surface area is 271 Å². The second kappa shape index (κ2) is 11.2. The van der Waals surface area contributed by atoms with E-state index in [1.165, 1.54) is 21.9 Å². The molecule has 0 aliphatic rings. The minimum Gasteiger partial charge on any atom is -0.455 e. The number of nitrogens with zero attached hydrogens (tertiary/aromatic N) is 3. The minimum atomic E-state index is 0.608. The molecule has 47 heavy (non-hydrogen) atoms. The van der Waals surface area contributed by atoms with Crippen LogP contribution >= 0.6 is 0 Å². The van der Waals surface area contributed by atoms with Crippen LogP contribution in [0, 0.1) is 0 Å². The third-order valence-corrected chi connectivity index (χ3v) is 8.74. The van der Waals surface area contributed by atoms with Gasteiger partial charge in [-0.2, -0.15) is 0 Å². The number of benzene rings is 7. The second-order valence-electron chi connectivity index (χ2n) is 11.6. The average Bonchev–Trinajstić information content (AvgIpc) is 3.55. The Morgan fingerprint density at radius 3 is 1.66 bits per heavy atom. The maximum atomic E-state index is 6.62. The van der Waals surface area contributed by atoms with E-state index >= 15 is 0 Å².